The average molecular weight is 185 g/mol. The lowest BCUT2D eigenvalue weighted by Gasteiger charge is -2.22. The Balaban J connectivity index is 3.95. The second-order valence-corrected chi connectivity index (χ2v) is 8.94. The topological polar surface area (TPSA) is 33.0 Å². The predicted molar refractivity (Wildman–Crippen MR) is 53.3 cm³/mol. The van der Waals surface area contributed by atoms with Crippen LogP contribution < -0.4 is 0 Å². The summed E-state index contributed by atoms with van der Waals surface area (Å²) in [4.78, 5) is 0. The molecule has 0 aromatic carbocycles. The molecule has 2 nitrogen and oxygen atoms in total. The van der Waals surface area contributed by atoms with Gasteiger partial charge in [0, 0.05) is 0 Å². The SMILES string of the molecule is CC(C)C[C@H](C#N)O[Si](C)(C)C. The first-order valence-corrected chi connectivity index (χ1v) is 7.83. The highest BCUT2D eigenvalue weighted by Crippen LogP contribution is 2.13. The first-order chi connectivity index (χ1) is 5.35. The van der Waals surface area contributed by atoms with Gasteiger partial charge in [-0.05, 0) is 32.0 Å². The van der Waals surface area contributed by atoms with Gasteiger partial charge in [0.25, 0.3) is 0 Å². The molecule has 1 atom stereocenters. The Labute approximate surface area is 76.7 Å². The van der Waals surface area contributed by atoms with Crippen molar-refractivity contribution in [1.29, 1.82) is 5.26 Å². The molecule has 0 amide bonds. The third kappa shape index (κ3) is 6.38. The van der Waals surface area contributed by atoms with Crippen molar-refractivity contribution in [3.8, 4) is 6.07 Å². The Morgan fingerprint density at radius 3 is 2.08 bits per heavy atom. The normalized spacial score (nSPS) is 14.4. The minimum atomic E-state index is -1.53. The fraction of sp³-hybridized carbons (Fsp3) is 0.889. The zero-order valence-electron chi connectivity index (χ0n) is 8.72. The Morgan fingerprint density at radius 1 is 1.33 bits per heavy atom. The van der Waals surface area contributed by atoms with Gasteiger partial charge in [0.15, 0.2) is 8.32 Å². The second kappa shape index (κ2) is 4.63. The van der Waals surface area contributed by atoms with Gasteiger partial charge in [-0.1, -0.05) is 13.8 Å². The molecule has 0 aliphatic heterocycles. The van der Waals surface area contributed by atoms with E-state index in [0.717, 1.165) is 6.42 Å². The molecule has 0 heterocycles. The van der Waals surface area contributed by atoms with Gasteiger partial charge in [-0.15, -0.1) is 0 Å². The maximum atomic E-state index is 8.79. The van der Waals surface area contributed by atoms with Crippen LogP contribution in [0.3, 0.4) is 0 Å². The Morgan fingerprint density at radius 2 is 1.83 bits per heavy atom. The number of hydrogen-bond donors (Lipinski definition) is 0. The van der Waals surface area contributed by atoms with E-state index in [1.807, 2.05) is 0 Å². The van der Waals surface area contributed by atoms with E-state index < -0.39 is 8.32 Å². The van der Waals surface area contributed by atoms with Crippen LogP contribution in [0.2, 0.25) is 19.6 Å². The van der Waals surface area contributed by atoms with E-state index in [9.17, 15) is 0 Å². The van der Waals surface area contributed by atoms with E-state index in [-0.39, 0.29) is 6.10 Å². The smallest absolute Gasteiger partial charge is 0.185 e. The molecule has 70 valence electrons. The van der Waals surface area contributed by atoms with Gasteiger partial charge in [0.2, 0.25) is 0 Å². The Kier molecular flexibility index (Phi) is 4.51. The molecule has 0 fully saturated rings. The summed E-state index contributed by atoms with van der Waals surface area (Å²) in [5.41, 5.74) is 0. The van der Waals surface area contributed by atoms with Gasteiger partial charge in [0.05, 0.1) is 6.07 Å². The largest absolute Gasteiger partial charge is 0.402 e. The molecule has 0 saturated heterocycles. The van der Waals surface area contributed by atoms with Crippen molar-refractivity contribution in [3.63, 3.8) is 0 Å². The minimum Gasteiger partial charge on any atom is -0.402 e. The predicted octanol–water partition coefficient (Wildman–Crippen LogP) is 2.78. The molecule has 0 saturated carbocycles. The molecule has 0 rings (SSSR count). The van der Waals surface area contributed by atoms with E-state index in [4.69, 9.17) is 9.69 Å². The molecule has 12 heavy (non-hydrogen) atoms. The van der Waals surface area contributed by atoms with Crippen LogP contribution in [0.4, 0.5) is 0 Å². The zero-order chi connectivity index (χ0) is 9.78. The van der Waals surface area contributed by atoms with Crippen molar-refractivity contribution in [2.24, 2.45) is 5.92 Å². The van der Waals surface area contributed by atoms with Crippen LogP contribution in [0.5, 0.6) is 0 Å². The maximum absolute atomic E-state index is 8.79. The monoisotopic (exact) mass is 185 g/mol. The van der Waals surface area contributed by atoms with Crippen molar-refractivity contribution in [2.75, 3.05) is 0 Å². The molecule has 0 aliphatic rings. The van der Waals surface area contributed by atoms with Crippen LogP contribution in [0.1, 0.15) is 20.3 Å². The summed E-state index contributed by atoms with van der Waals surface area (Å²) in [5, 5.41) is 8.79. The lowest BCUT2D eigenvalue weighted by molar-refractivity contribution is 0.219. The Hall–Kier alpha value is -0.333. The minimum absolute atomic E-state index is 0.198. The van der Waals surface area contributed by atoms with Crippen LogP contribution in [0, 0.1) is 17.2 Å². The summed E-state index contributed by atoms with van der Waals surface area (Å²) in [7, 11) is -1.53. The Bertz CT molecular complexity index is 166. The summed E-state index contributed by atoms with van der Waals surface area (Å²) in [6.45, 7) is 10.5. The summed E-state index contributed by atoms with van der Waals surface area (Å²) < 4.78 is 5.68. The highest BCUT2D eigenvalue weighted by atomic mass is 28.4. The molecular formula is C9H19NOSi. The van der Waals surface area contributed by atoms with Gasteiger partial charge in [-0.3, -0.25) is 0 Å². The fourth-order valence-electron chi connectivity index (χ4n) is 0.982. The zero-order valence-corrected chi connectivity index (χ0v) is 9.72. The number of rotatable bonds is 4. The van der Waals surface area contributed by atoms with E-state index >= 15 is 0 Å². The maximum Gasteiger partial charge on any atom is 0.185 e. The van der Waals surface area contributed by atoms with Gasteiger partial charge < -0.3 is 4.43 Å². The van der Waals surface area contributed by atoms with E-state index in [2.05, 4.69) is 39.6 Å². The quantitative estimate of drug-likeness (QED) is 0.631. The second-order valence-electron chi connectivity index (χ2n) is 4.48. The molecule has 0 aliphatic carbocycles. The summed E-state index contributed by atoms with van der Waals surface area (Å²) in [6, 6.07) is 2.20. The summed E-state index contributed by atoms with van der Waals surface area (Å²) in [6.07, 6.45) is 0.650. The van der Waals surface area contributed by atoms with Crippen molar-refractivity contribution in [2.45, 2.75) is 46.0 Å². The molecule has 0 N–H and O–H groups in total. The molecule has 3 heteroatoms. The summed E-state index contributed by atoms with van der Waals surface area (Å²) >= 11 is 0. The van der Waals surface area contributed by atoms with Crippen LogP contribution >= 0.6 is 0 Å². The van der Waals surface area contributed by atoms with Crippen LogP contribution in [-0.2, 0) is 4.43 Å². The first kappa shape index (κ1) is 11.7. The first-order valence-electron chi connectivity index (χ1n) is 4.42. The van der Waals surface area contributed by atoms with Gasteiger partial charge in [-0.25, -0.2) is 0 Å². The average Bonchev–Trinajstić information content (AvgIpc) is 1.82. The van der Waals surface area contributed by atoms with E-state index in [1.54, 1.807) is 0 Å². The third-order valence-electron chi connectivity index (χ3n) is 1.33. The highest BCUT2D eigenvalue weighted by Gasteiger charge is 2.21. The summed E-state index contributed by atoms with van der Waals surface area (Å²) in [5.74, 6) is 0.533. The van der Waals surface area contributed by atoms with Crippen molar-refractivity contribution in [3.05, 3.63) is 0 Å². The standard InChI is InChI=1S/C9H19NOSi/c1-8(2)6-9(7-10)11-12(3,4)5/h8-9H,6H2,1-5H3/t9-/m1/s1. The van der Waals surface area contributed by atoms with Gasteiger partial charge >= 0.3 is 0 Å². The van der Waals surface area contributed by atoms with Crippen molar-refractivity contribution in [1.82, 2.24) is 0 Å². The van der Waals surface area contributed by atoms with Crippen molar-refractivity contribution < 1.29 is 4.43 Å². The van der Waals surface area contributed by atoms with Gasteiger partial charge in [-0.2, -0.15) is 5.26 Å². The fourth-order valence-corrected chi connectivity index (χ4v) is 1.98. The number of hydrogen-bond acceptors (Lipinski definition) is 2. The lowest BCUT2D eigenvalue weighted by Crippen LogP contribution is -2.31. The molecular weight excluding hydrogens is 166 g/mol. The van der Waals surface area contributed by atoms with Crippen LogP contribution in [0.25, 0.3) is 0 Å². The van der Waals surface area contributed by atoms with E-state index in [0.29, 0.717) is 5.92 Å². The number of nitrogens with zero attached hydrogens (tertiary/aromatic N) is 1. The third-order valence-corrected chi connectivity index (χ3v) is 2.32. The molecule has 0 aromatic heterocycles. The van der Waals surface area contributed by atoms with Crippen LogP contribution in [0.15, 0.2) is 0 Å². The molecule has 0 radical (unpaired) electrons. The van der Waals surface area contributed by atoms with Gasteiger partial charge in [0.1, 0.15) is 6.10 Å². The van der Waals surface area contributed by atoms with Crippen molar-refractivity contribution >= 4 is 8.32 Å². The molecule has 0 aromatic rings. The molecule has 0 unspecified atom stereocenters. The number of nitriles is 1. The van der Waals surface area contributed by atoms with E-state index in [1.165, 1.54) is 0 Å². The molecule has 0 bridgehead atoms. The highest BCUT2D eigenvalue weighted by molar-refractivity contribution is 6.69. The van der Waals surface area contributed by atoms with Crippen LogP contribution in [-0.4, -0.2) is 14.4 Å². The lowest BCUT2D eigenvalue weighted by atomic mass is 10.1. The molecule has 0 spiro atoms.